The Kier molecular flexibility index (Phi) is 6.49. The molecule has 0 bridgehead atoms. The van der Waals surface area contributed by atoms with Crippen LogP contribution in [0.15, 0.2) is 71.9 Å². The van der Waals surface area contributed by atoms with Crippen molar-refractivity contribution in [3.05, 3.63) is 82.4 Å². The summed E-state index contributed by atoms with van der Waals surface area (Å²) in [5.74, 6) is -0.445. The van der Waals surface area contributed by atoms with E-state index in [2.05, 4.69) is 16.6 Å². The average molecular weight is 444 g/mol. The van der Waals surface area contributed by atoms with Crippen LogP contribution in [-0.4, -0.2) is 21.2 Å². The molecule has 168 valence electrons. The van der Waals surface area contributed by atoms with E-state index in [0.717, 1.165) is 64.5 Å². The summed E-state index contributed by atoms with van der Waals surface area (Å²) in [6.45, 7) is 3.47. The molecule has 3 aromatic carbocycles. The molecule has 0 fully saturated rings. The lowest BCUT2D eigenvalue weighted by molar-refractivity contribution is -0.384. The van der Waals surface area contributed by atoms with Gasteiger partial charge >= 0.3 is 5.97 Å². The van der Waals surface area contributed by atoms with Crippen molar-refractivity contribution in [2.75, 3.05) is 0 Å². The van der Waals surface area contributed by atoms with Gasteiger partial charge in [-0.3, -0.25) is 10.1 Å². The molecule has 0 saturated heterocycles. The van der Waals surface area contributed by atoms with Crippen LogP contribution < -0.4 is 0 Å². The number of oxime groups is 1. The lowest BCUT2D eigenvalue weighted by atomic mass is 10.0. The van der Waals surface area contributed by atoms with Crippen molar-refractivity contribution in [3.8, 4) is 5.69 Å². The van der Waals surface area contributed by atoms with Gasteiger partial charge in [0.1, 0.15) is 0 Å². The van der Waals surface area contributed by atoms with Gasteiger partial charge in [0.25, 0.3) is 5.69 Å². The molecule has 0 aliphatic carbocycles. The van der Waals surface area contributed by atoms with Crippen LogP contribution in [0.1, 0.15) is 45.1 Å². The molecule has 0 saturated carbocycles. The Labute approximate surface area is 191 Å². The van der Waals surface area contributed by atoms with E-state index in [1.165, 1.54) is 13.0 Å². The van der Waals surface area contributed by atoms with E-state index in [9.17, 15) is 14.9 Å². The predicted octanol–water partition coefficient (Wildman–Crippen LogP) is 6.54. The first-order valence-corrected chi connectivity index (χ1v) is 11.0. The van der Waals surface area contributed by atoms with E-state index in [1.807, 2.05) is 48.5 Å². The summed E-state index contributed by atoms with van der Waals surface area (Å²) in [4.78, 5) is 27.1. The fourth-order valence-electron chi connectivity index (χ4n) is 4.06. The van der Waals surface area contributed by atoms with E-state index >= 15 is 0 Å². The molecule has 7 nitrogen and oxygen atoms in total. The smallest absolute Gasteiger partial charge is 0.318 e. The van der Waals surface area contributed by atoms with E-state index in [0.29, 0.717) is 0 Å². The second-order valence-corrected chi connectivity index (χ2v) is 7.94. The van der Waals surface area contributed by atoms with Crippen LogP contribution in [0.25, 0.3) is 27.5 Å². The standard InChI is InChI=1S/C26H25N3O4/c1-3-4-5-9-24(27-33-18(2)30)19-11-13-20(14-12-19)28-25-10-7-6-8-22(25)23-17-21(29(31)32)15-16-26(23)28/h6-8,10-17H,3-5,9H2,1-2H3/b27-24-. The van der Waals surface area contributed by atoms with Crippen molar-refractivity contribution in [2.24, 2.45) is 5.16 Å². The fourth-order valence-corrected chi connectivity index (χ4v) is 4.06. The van der Waals surface area contributed by atoms with Crippen LogP contribution >= 0.6 is 0 Å². The van der Waals surface area contributed by atoms with Gasteiger partial charge in [0, 0.05) is 35.5 Å². The number of carbonyl (C=O) groups excluding carboxylic acids is 1. The molecule has 0 atom stereocenters. The van der Waals surface area contributed by atoms with Crippen LogP contribution in [0, 0.1) is 10.1 Å². The maximum atomic E-state index is 11.3. The third-order valence-electron chi connectivity index (χ3n) is 5.63. The fraction of sp³-hybridized carbons (Fsp3) is 0.231. The molecule has 33 heavy (non-hydrogen) atoms. The number of para-hydroxylation sites is 1. The number of aromatic nitrogens is 1. The van der Waals surface area contributed by atoms with Crippen LogP contribution in [0.3, 0.4) is 0 Å². The summed E-state index contributed by atoms with van der Waals surface area (Å²) in [5, 5.41) is 17.2. The maximum absolute atomic E-state index is 11.3. The number of nitro groups is 1. The zero-order chi connectivity index (χ0) is 23.4. The van der Waals surface area contributed by atoms with Crippen molar-refractivity contribution < 1.29 is 14.6 Å². The topological polar surface area (TPSA) is 86.7 Å². The highest BCUT2D eigenvalue weighted by Gasteiger charge is 2.16. The Hall–Kier alpha value is -4.00. The SMILES string of the molecule is CCCCC/C(=N/OC(C)=O)c1ccc(-n2c3ccccc3c3cc([N+](=O)[O-])ccc32)cc1. The van der Waals surface area contributed by atoms with Gasteiger partial charge in [-0.2, -0.15) is 0 Å². The van der Waals surface area contributed by atoms with Gasteiger partial charge < -0.3 is 9.40 Å². The first-order valence-electron chi connectivity index (χ1n) is 11.0. The van der Waals surface area contributed by atoms with E-state index in [-0.39, 0.29) is 10.6 Å². The molecule has 0 amide bonds. The highest BCUT2D eigenvalue weighted by Crippen LogP contribution is 2.34. The summed E-state index contributed by atoms with van der Waals surface area (Å²) < 4.78 is 2.10. The number of hydrogen-bond donors (Lipinski definition) is 0. The number of rotatable bonds is 8. The van der Waals surface area contributed by atoms with Crippen LogP contribution in [0.2, 0.25) is 0 Å². The highest BCUT2D eigenvalue weighted by molar-refractivity contribution is 6.10. The summed E-state index contributed by atoms with van der Waals surface area (Å²) in [7, 11) is 0. The van der Waals surface area contributed by atoms with Gasteiger partial charge in [0.15, 0.2) is 0 Å². The molecule has 7 heteroatoms. The third kappa shape index (κ3) is 4.62. The Morgan fingerprint density at radius 2 is 1.73 bits per heavy atom. The Morgan fingerprint density at radius 1 is 1.00 bits per heavy atom. The number of carbonyl (C=O) groups is 1. The van der Waals surface area contributed by atoms with E-state index < -0.39 is 5.97 Å². The Bertz CT molecular complexity index is 1350. The molecular formula is C26H25N3O4. The van der Waals surface area contributed by atoms with Crippen LogP contribution in [0.5, 0.6) is 0 Å². The molecule has 0 N–H and O–H groups in total. The minimum atomic E-state index is -0.445. The molecule has 0 unspecified atom stereocenters. The number of fused-ring (bicyclic) bond motifs is 3. The quantitative estimate of drug-likeness (QED) is 0.102. The second-order valence-electron chi connectivity index (χ2n) is 7.94. The first kappa shape index (κ1) is 22.2. The van der Waals surface area contributed by atoms with E-state index in [1.54, 1.807) is 12.1 Å². The van der Waals surface area contributed by atoms with Gasteiger partial charge in [-0.25, -0.2) is 4.79 Å². The zero-order valence-electron chi connectivity index (χ0n) is 18.7. The van der Waals surface area contributed by atoms with E-state index in [4.69, 9.17) is 4.84 Å². The number of hydrogen-bond acceptors (Lipinski definition) is 5. The minimum Gasteiger partial charge on any atom is -0.318 e. The molecule has 0 spiro atoms. The molecule has 4 rings (SSSR count). The van der Waals surface area contributed by atoms with Crippen LogP contribution in [-0.2, 0) is 9.63 Å². The number of benzene rings is 3. The largest absolute Gasteiger partial charge is 0.331 e. The number of non-ortho nitro benzene ring substituents is 1. The van der Waals surface area contributed by atoms with Crippen molar-refractivity contribution >= 4 is 39.2 Å². The van der Waals surface area contributed by atoms with Gasteiger partial charge in [-0.1, -0.05) is 55.3 Å². The molecule has 0 aliphatic heterocycles. The minimum absolute atomic E-state index is 0.0687. The molecule has 1 aromatic heterocycles. The monoisotopic (exact) mass is 443 g/mol. The van der Waals surface area contributed by atoms with Gasteiger partial charge in [-0.05, 0) is 42.7 Å². The molecule has 0 radical (unpaired) electrons. The molecule has 4 aromatic rings. The van der Waals surface area contributed by atoms with Crippen molar-refractivity contribution in [2.45, 2.75) is 39.5 Å². The van der Waals surface area contributed by atoms with Crippen molar-refractivity contribution in [1.82, 2.24) is 4.57 Å². The summed E-state index contributed by atoms with van der Waals surface area (Å²) >= 11 is 0. The lowest BCUT2D eigenvalue weighted by Gasteiger charge is -2.10. The number of nitro benzene ring substituents is 1. The Morgan fingerprint density at radius 3 is 2.42 bits per heavy atom. The molecule has 1 heterocycles. The second kappa shape index (κ2) is 9.65. The van der Waals surface area contributed by atoms with Gasteiger partial charge in [0.05, 0.1) is 21.7 Å². The first-order chi connectivity index (χ1) is 16.0. The summed E-state index contributed by atoms with van der Waals surface area (Å²) in [6, 6.07) is 20.7. The van der Waals surface area contributed by atoms with Crippen LogP contribution in [0.4, 0.5) is 5.69 Å². The van der Waals surface area contributed by atoms with Crippen molar-refractivity contribution in [3.63, 3.8) is 0 Å². The van der Waals surface area contributed by atoms with Gasteiger partial charge in [-0.15, -0.1) is 0 Å². The average Bonchev–Trinajstić information content (AvgIpc) is 3.15. The predicted molar refractivity (Wildman–Crippen MR) is 130 cm³/mol. The normalized spacial score (nSPS) is 11.8. The lowest BCUT2D eigenvalue weighted by Crippen LogP contribution is -2.05. The van der Waals surface area contributed by atoms with Crippen molar-refractivity contribution in [1.29, 1.82) is 0 Å². The number of unbranched alkanes of at least 4 members (excludes halogenated alkanes) is 2. The number of nitrogens with zero attached hydrogens (tertiary/aromatic N) is 3. The highest BCUT2D eigenvalue weighted by atomic mass is 16.7. The zero-order valence-corrected chi connectivity index (χ0v) is 18.7. The maximum Gasteiger partial charge on any atom is 0.331 e. The third-order valence-corrected chi connectivity index (χ3v) is 5.63. The Balaban J connectivity index is 1.78. The molecular weight excluding hydrogens is 418 g/mol. The molecule has 0 aliphatic rings. The van der Waals surface area contributed by atoms with Gasteiger partial charge in [0.2, 0.25) is 0 Å². The summed E-state index contributed by atoms with van der Waals surface area (Å²) in [6.07, 6.45) is 3.85. The summed E-state index contributed by atoms with van der Waals surface area (Å²) in [5.41, 5.74) is 4.50.